The highest BCUT2D eigenvalue weighted by Crippen LogP contribution is 2.11. The molecule has 0 aromatic carbocycles. The summed E-state index contributed by atoms with van der Waals surface area (Å²) in [7, 11) is 1.64. The molecule has 106 valence electrons. The SMILES string of the molecule is CCCc1cc(C(=O)NCCCOC)cc(NN)n1. The number of ether oxygens (including phenoxy) is 1. The molecule has 0 bridgehead atoms. The van der Waals surface area contributed by atoms with Gasteiger partial charge in [0.1, 0.15) is 5.82 Å². The van der Waals surface area contributed by atoms with Crippen molar-refractivity contribution in [2.24, 2.45) is 5.84 Å². The van der Waals surface area contributed by atoms with E-state index in [9.17, 15) is 4.79 Å². The minimum Gasteiger partial charge on any atom is -0.385 e. The largest absolute Gasteiger partial charge is 0.385 e. The number of hydrogen-bond acceptors (Lipinski definition) is 5. The second kappa shape index (κ2) is 8.44. The predicted octanol–water partition coefficient (Wildman–Crippen LogP) is 1.09. The van der Waals surface area contributed by atoms with Gasteiger partial charge in [0, 0.05) is 31.5 Å². The van der Waals surface area contributed by atoms with E-state index in [1.165, 1.54) is 0 Å². The van der Waals surface area contributed by atoms with Crippen LogP contribution in [0.2, 0.25) is 0 Å². The molecule has 0 spiro atoms. The fraction of sp³-hybridized carbons (Fsp3) is 0.538. The van der Waals surface area contributed by atoms with E-state index in [0.717, 1.165) is 25.0 Å². The van der Waals surface area contributed by atoms with Crippen molar-refractivity contribution in [2.75, 3.05) is 25.7 Å². The topological polar surface area (TPSA) is 89.3 Å². The van der Waals surface area contributed by atoms with Gasteiger partial charge < -0.3 is 15.5 Å². The van der Waals surface area contributed by atoms with Crippen molar-refractivity contribution in [1.29, 1.82) is 0 Å². The second-order valence-electron chi connectivity index (χ2n) is 4.23. The van der Waals surface area contributed by atoms with Crippen molar-refractivity contribution < 1.29 is 9.53 Å². The molecule has 1 heterocycles. The van der Waals surface area contributed by atoms with Crippen molar-refractivity contribution in [3.05, 3.63) is 23.4 Å². The number of carbonyl (C=O) groups is 1. The van der Waals surface area contributed by atoms with Crippen LogP contribution in [0.15, 0.2) is 12.1 Å². The number of anilines is 1. The van der Waals surface area contributed by atoms with Gasteiger partial charge >= 0.3 is 0 Å². The number of hydrogen-bond donors (Lipinski definition) is 3. The Morgan fingerprint density at radius 1 is 1.47 bits per heavy atom. The van der Waals surface area contributed by atoms with E-state index < -0.39 is 0 Å². The van der Waals surface area contributed by atoms with E-state index in [0.29, 0.717) is 24.5 Å². The average molecular weight is 266 g/mol. The highest BCUT2D eigenvalue weighted by Gasteiger charge is 2.09. The first-order chi connectivity index (χ1) is 9.21. The monoisotopic (exact) mass is 266 g/mol. The van der Waals surface area contributed by atoms with E-state index in [-0.39, 0.29) is 5.91 Å². The molecule has 0 radical (unpaired) electrons. The van der Waals surface area contributed by atoms with E-state index in [2.05, 4.69) is 22.7 Å². The lowest BCUT2D eigenvalue weighted by molar-refractivity contribution is 0.0948. The third kappa shape index (κ3) is 5.23. The van der Waals surface area contributed by atoms with Crippen LogP contribution >= 0.6 is 0 Å². The minimum atomic E-state index is -0.118. The van der Waals surface area contributed by atoms with Crippen molar-refractivity contribution >= 4 is 11.7 Å². The first-order valence-electron chi connectivity index (χ1n) is 6.46. The van der Waals surface area contributed by atoms with E-state index in [4.69, 9.17) is 10.6 Å². The number of pyridine rings is 1. The summed E-state index contributed by atoms with van der Waals surface area (Å²) < 4.78 is 4.93. The number of nitrogen functional groups attached to an aromatic ring is 1. The summed E-state index contributed by atoms with van der Waals surface area (Å²) in [6.07, 6.45) is 2.58. The van der Waals surface area contributed by atoms with Gasteiger partial charge in [-0.15, -0.1) is 0 Å². The third-order valence-corrected chi connectivity index (χ3v) is 2.61. The number of amides is 1. The van der Waals surface area contributed by atoms with Crippen LogP contribution in [0, 0.1) is 0 Å². The molecule has 1 aromatic heterocycles. The molecule has 1 rings (SSSR count). The Morgan fingerprint density at radius 3 is 2.89 bits per heavy atom. The number of aryl methyl sites for hydroxylation is 1. The molecule has 0 atom stereocenters. The molecular weight excluding hydrogens is 244 g/mol. The van der Waals surface area contributed by atoms with Crippen molar-refractivity contribution in [3.63, 3.8) is 0 Å². The standard InChI is InChI=1S/C13H22N4O2/c1-3-5-11-8-10(9-12(16-11)17-14)13(18)15-6-4-7-19-2/h8-9H,3-7,14H2,1-2H3,(H,15,18)(H,16,17). The minimum absolute atomic E-state index is 0.118. The Labute approximate surface area is 113 Å². The Morgan fingerprint density at radius 2 is 2.26 bits per heavy atom. The average Bonchev–Trinajstić information content (AvgIpc) is 2.43. The first kappa shape index (κ1) is 15.4. The van der Waals surface area contributed by atoms with Crippen LogP contribution in [0.1, 0.15) is 35.8 Å². The van der Waals surface area contributed by atoms with Crippen LogP contribution < -0.4 is 16.6 Å². The third-order valence-electron chi connectivity index (χ3n) is 2.61. The number of hydrazine groups is 1. The maximum atomic E-state index is 12.0. The van der Waals surface area contributed by atoms with Crippen molar-refractivity contribution in [3.8, 4) is 0 Å². The van der Waals surface area contributed by atoms with Crippen molar-refractivity contribution in [1.82, 2.24) is 10.3 Å². The van der Waals surface area contributed by atoms with Crippen LogP contribution in [0.4, 0.5) is 5.82 Å². The van der Waals surface area contributed by atoms with E-state index in [1.54, 1.807) is 19.2 Å². The number of nitrogens with zero attached hydrogens (tertiary/aromatic N) is 1. The number of nitrogens with one attached hydrogen (secondary N) is 2. The Kier molecular flexibility index (Phi) is 6.84. The molecule has 0 saturated heterocycles. The molecular formula is C13H22N4O2. The first-order valence-corrected chi connectivity index (χ1v) is 6.46. The molecule has 19 heavy (non-hydrogen) atoms. The summed E-state index contributed by atoms with van der Waals surface area (Å²) in [5.41, 5.74) is 3.92. The highest BCUT2D eigenvalue weighted by atomic mass is 16.5. The van der Waals surface area contributed by atoms with Gasteiger partial charge in [-0.25, -0.2) is 10.8 Å². The van der Waals surface area contributed by atoms with Gasteiger partial charge in [-0.2, -0.15) is 0 Å². The zero-order chi connectivity index (χ0) is 14.1. The maximum absolute atomic E-state index is 12.0. The number of rotatable bonds is 8. The Balaban J connectivity index is 2.69. The fourth-order valence-corrected chi connectivity index (χ4v) is 1.70. The molecule has 0 fully saturated rings. The van der Waals surface area contributed by atoms with Crippen molar-refractivity contribution in [2.45, 2.75) is 26.2 Å². The summed E-state index contributed by atoms with van der Waals surface area (Å²) in [6.45, 7) is 3.28. The molecule has 6 heteroatoms. The van der Waals surface area contributed by atoms with Crippen LogP contribution in [0.3, 0.4) is 0 Å². The molecule has 0 unspecified atom stereocenters. The lowest BCUT2D eigenvalue weighted by Gasteiger charge is -2.09. The summed E-state index contributed by atoms with van der Waals surface area (Å²) in [6, 6.07) is 3.45. The maximum Gasteiger partial charge on any atom is 0.251 e. The van der Waals surface area contributed by atoms with Gasteiger partial charge in [0.05, 0.1) is 0 Å². The van der Waals surface area contributed by atoms with E-state index in [1.807, 2.05) is 0 Å². The number of nitrogens with two attached hydrogens (primary N) is 1. The van der Waals surface area contributed by atoms with Gasteiger partial charge in [0.2, 0.25) is 0 Å². The van der Waals surface area contributed by atoms with E-state index >= 15 is 0 Å². The summed E-state index contributed by atoms with van der Waals surface area (Å²) in [5, 5.41) is 2.84. The number of methoxy groups -OCH3 is 1. The lowest BCUT2D eigenvalue weighted by atomic mass is 10.1. The molecule has 0 saturated carbocycles. The number of carbonyl (C=O) groups excluding carboxylic acids is 1. The van der Waals surface area contributed by atoms with Gasteiger partial charge in [-0.05, 0) is 25.0 Å². The second-order valence-corrected chi connectivity index (χ2v) is 4.23. The van der Waals surface area contributed by atoms with Gasteiger partial charge in [0.15, 0.2) is 0 Å². The normalized spacial score (nSPS) is 10.3. The molecule has 1 amide bonds. The zero-order valence-corrected chi connectivity index (χ0v) is 11.5. The zero-order valence-electron chi connectivity index (χ0n) is 11.5. The predicted molar refractivity (Wildman–Crippen MR) is 74.9 cm³/mol. The summed E-state index contributed by atoms with van der Waals surface area (Å²) >= 11 is 0. The molecule has 0 aliphatic heterocycles. The summed E-state index contributed by atoms with van der Waals surface area (Å²) in [5.74, 6) is 5.75. The van der Waals surface area contributed by atoms with Gasteiger partial charge in [-0.3, -0.25) is 4.79 Å². The Hall–Kier alpha value is -1.66. The van der Waals surface area contributed by atoms with Gasteiger partial charge in [0.25, 0.3) is 5.91 Å². The molecule has 6 nitrogen and oxygen atoms in total. The lowest BCUT2D eigenvalue weighted by Crippen LogP contribution is -2.25. The summed E-state index contributed by atoms with van der Waals surface area (Å²) in [4.78, 5) is 16.3. The highest BCUT2D eigenvalue weighted by molar-refractivity contribution is 5.94. The molecule has 0 aliphatic rings. The smallest absolute Gasteiger partial charge is 0.251 e. The fourth-order valence-electron chi connectivity index (χ4n) is 1.70. The quantitative estimate of drug-likeness (QED) is 0.372. The molecule has 1 aromatic rings. The van der Waals surface area contributed by atoms with Crippen LogP contribution in [0.5, 0.6) is 0 Å². The van der Waals surface area contributed by atoms with Crippen LogP contribution in [0.25, 0.3) is 0 Å². The molecule has 4 N–H and O–H groups in total. The van der Waals surface area contributed by atoms with Gasteiger partial charge in [-0.1, -0.05) is 13.3 Å². The van der Waals surface area contributed by atoms with Crippen LogP contribution in [-0.4, -0.2) is 31.2 Å². The number of aromatic nitrogens is 1. The Bertz CT molecular complexity index is 410. The molecule has 0 aliphatic carbocycles. The van der Waals surface area contributed by atoms with Crippen LogP contribution in [-0.2, 0) is 11.2 Å².